The Morgan fingerprint density at radius 2 is 2.05 bits per heavy atom. The molecule has 5 heteroatoms. The zero-order valence-electron chi connectivity index (χ0n) is 11.4. The summed E-state index contributed by atoms with van der Waals surface area (Å²) in [7, 11) is 0. The molecular formula is C15H17N3O2. The van der Waals surface area contributed by atoms with Crippen molar-refractivity contribution in [3.05, 3.63) is 29.8 Å². The molecule has 1 N–H and O–H groups in total. The first-order valence-corrected chi connectivity index (χ1v) is 6.70. The van der Waals surface area contributed by atoms with E-state index >= 15 is 0 Å². The molecule has 0 bridgehead atoms. The van der Waals surface area contributed by atoms with Crippen molar-refractivity contribution in [2.45, 2.75) is 19.8 Å². The molecule has 1 saturated heterocycles. The number of likely N-dealkylation sites (tertiary alicyclic amines) is 1. The number of hydrogen-bond acceptors (Lipinski definition) is 3. The van der Waals surface area contributed by atoms with Gasteiger partial charge in [0.2, 0.25) is 0 Å². The van der Waals surface area contributed by atoms with Gasteiger partial charge < -0.3 is 10.2 Å². The fraction of sp³-hybridized carbons (Fsp3) is 0.400. The first-order chi connectivity index (χ1) is 9.60. The van der Waals surface area contributed by atoms with Crippen LogP contribution in [0.1, 0.15) is 25.3 Å². The second kappa shape index (κ2) is 6.20. The Hall–Kier alpha value is -2.35. The Morgan fingerprint density at radius 3 is 2.65 bits per heavy atom. The first-order valence-electron chi connectivity index (χ1n) is 6.70. The summed E-state index contributed by atoms with van der Waals surface area (Å²) < 4.78 is 0. The van der Waals surface area contributed by atoms with Gasteiger partial charge in [-0.15, -0.1) is 0 Å². The minimum absolute atomic E-state index is 0.440. The summed E-state index contributed by atoms with van der Waals surface area (Å²) >= 11 is 0. The fourth-order valence-electron chi connectivity index (χ4n) is 2.33. The molecule has 1 aliphatic rings. The molecule has 1 fully saturated rings. The zero-order chi connectivity index (χ0) is 14.5. The van der Waals surface area contributed by atoms with E-state index in [9.17, 15) is 9.59 Å². The quantitative estimate of drug-likeness (QED) is 0.791. The highest BCUT2D eigenvalue weighted by Crippen LogP contribution is 2.16. The largest absolute Gasteiger partial charge is 0.334 e. The van der Waals surface area contributed by atoms with Gasteiger partial charge in [-0.1, -0.05) is 6.92 Å². The summed E-state index contributed by atoms with van der Waals surface area (Å²) in [4.78, 5) is 25.5. The fourth-order valence-corrected chi connectivity index (χ4v) is 2.33. The van der Waals surface area contributed by atoms with Crippen LogP contribution in [0.25, 0.3) is 0 Å². The van der Waals surface area contributed by atoms with Gasteiger partial charge in [-0.2, -0.15) is 5.26 Å². The summed E-state index contributed by atoms with van der Waals surface area (Å²) in [5.74, 6) is -0.667. The van der Waals surface area contributed by atoms with Crippen molar-refractivity contribution in [1.82, 2.24) is 4.90 Å². The highest BCUT2D eigenvalue weighted by Gasteiger charge is 2.25. The predicted octanol–water partition coefficient (Wildman–Crippen LogP) is 1.76. The van der Waals surface area contributed by atoms with Gasteiger partial charge in [0.05, 0.1) is 11.6 Å². The average Bonchev–Trinajstić information content (AvgIpc) is 2.47. The number of amides is 2. The number of hydrogen-bond donors (Lipinski definition) is 1. The minimum Gasteiger partial charge on any atom is -0.334 e. The lowest BCUT2D eigenvalue weighted by atomic mass is 10.0. The Morgan fingerprint density at radius 1 is 1.35 bits per heavy atom. The Kier molecular flexibility index (Phi) is 4.36. The highest BCUT2D eigenvalue weighted by atomic mass is 16.2. The summed E-state index contributed by atoms with van der Waals surface area (Å²) in [5, 5.41) is 11.3. The molecule has 1 aromatic rings. The SMILES string of the molecule is CC1CCCN(C(=O)C(=O)Nc2ccc(C#N)cc2)C1. The van der Waals surface area contributed by atoms with Crippen molar-refractivity contribution in [3.8, 4) is 6.07 Å². The Balaban J connectivity index is 1.96. The van der Waals surface area contributed by atoms with Gasteiger partial charge in [-0.25, -0.2) is 0 Å². The van der Waals surface area contributed by atoms with Crippen molar-refractivity contribution in [1.29, 1.82) is 5.26 Å². The molecular weight excluding hydrogens is 254 g/mol. The molecule has 1 aliphatic heterocycles. The number of carbonyl (C=O) groups excluding carboxylic acids is 2. The third-order valence-corrected chi connectivity index (χ3v) is 3.41. The maximum absolute atomic E-state index is 12.0. The molecule has 0 aromatic heterocycles. The molecule has 2 amide bonds. The molecule has 0 saturated carbocycles. The van der Waals surface area contributed by atoms with Crippen molar-refractivity contribution >= 4 is 17.5 Å². The standard InChI is InChI=1S/C15H17N3O2/c1-11-3-2-8-18(10-11)15(20)14(19)17-13-6-4-12(9-16)5-7-13/h4-7,11H,2-3,8,10H2,1H3,(H,17,19). The maximum atomic E-state index is 12.0. The van der Waals surface area contributed by atoms with Crippen molar-refractivity contribution < 1.29 is 9.59 Å². The lowest BCUT2D eigenvalue weighted by Crippen LogP contribution is -2.44. The molecule has 5 nitrogen and oxygen atoms in total. The lowest BCUT2D eigenvalue weighted by molar-refractivity contribution is -0.144. The number of piperidine rings is 1. The lowest BCUT2D eigenvalue weighted by Gasteiger charge is -2.30. The molecule has 0 radical (unpaired) electrons. The van der Waals surface area contributed by atoms with Gasteiger partial charge in [0.25, 0.3) is 0 Å². The van der Waals surface area contributed by atoms with E-state index in [0.717, 1.165) is 12.8 Å². The third-order valence-electron chi connectivity index (χ3n) is 3.41. The highest BCUT2D eigenvalue weighted by molar-refractivity contribution is 6.39. The van der Waals surface area contributed by atoms with E-state index in [0.29, 0.717) is 30.3 Å². The van der Waals surface area contributed by atoms with Crippen LogP contribution in [-0.4, -0.2) is 29.8 Å². The Labute approximate surface area is 118 Å². The smallest absolute Gasteiger partial charge is 0.313 e. The molecule has 0 spiro atoms. The van der Waals surface area contributed by atoms with Crippen molar-refractivity contribution in [2.24, 2.45) is 5.92 Å². The first kappa shape index (κ1) is 14.1. The number of nitrogens with zero attached hydrogens (tertiary/aromatic N) is 2. The molecule has 2 rings (SSSR count). The van der Waals surface area contributed by atoms with Crippen molar-refractivity contribution in [3.63, 3.8) is 0 Å². The summed E-state index contributed by atoms with van der Waals surface area (Å²) in [5.41, 5.74) is 1.03. The molecule has 1 heterocycles. The second-order valence-corrected chi connectivity index (χ2v) is 5.14. The van der Waals surface area contributed by atoms with Gasteiger partial charge in [0.1, 0.15) is 0 Å². The zero-order valence-corrected chi connectivity index (χ0v) is 11.4. The van der Waals surface area contributed by atoms with Crippen LogP contribution >= 0.6 is 0 Å². The number of nitriles is 1. The number of rotatable bonds is 1. The second-order valence-electron chi connectivity index (χ2n) is 5.14. The third kappa shape index (κ3) is 3.35. The van der Waals surface area contributed by atoms with Crippen LogP contribution in [0.4, 0.5) is 5.69 Å². The molecule has 0 aliphatic carbocycles. The van der Waals surface area contributed by atoms with E-state index in [4.69, 9.17) is 5.26 Å². The van der Waals surface area contributed by atoms with Crippen LogP contribution in [0.2, 0.25) is 0 Å². The average molecular weight is 271 g/mol. The summed E-state index contributed by atoms with van der Waals surface area (Å²) in [6, 6.07) is 8.43. The number of nitrogens with one attached hydrogen (secondary N) is 1. The van der Waals surface area contributed by atoms with Crippen LogP contribution < -0.4 is 5.32 Å². The number of carbonyl (C=O) groups is 2. The van der Waals surface area contributed by atoms with E-state index in [1.807, 2.05) is 6.07 Å². The van der Waals surface area contributed by atoms with Crippen LogP contribution in [0.5, 0.6) is 0 Å². The van der Waals surface area contributed by atoms with E-state index < -0.39 is 11.8 Å². The number of benzene rings is 1. The van der Waals surface area contributed by atoms with E-state index in [1.165, 1.54) is 0 Å². The number of anilines is 1. The predicted molar refractivity (Wildman–Crippen MR) is 74.8 cm³/mol. The van der Waals surface area contributed by atoms with E-state index in [1.54, 1.807) is 29.2 Å². The van der Waals surface area contributed by atoms with Crippen LogP contribution in [0.15, 0.2) is 24.3 Å². The van der Waals surface area contributed by atoms with Gasteiger partial charge in [-0.3, -0.25) is 9.59 Å². The topological polar surface area (TPSA) is 73.2 Å². The van der Waals surface area contributed by atoms with Crippen molar-refractivity contribution in [2.75, 3.05) is 18.4 Å². The summed E-state index contributed by atoms with van der Waals surface area (Å²) in [6.45, 7) is 3.36. The monoisotopic (exact) mass is 271 g/mol. The van der Waals surface area contributed by atoms with E-state index in [-0.39, 0.29) is 0 Å². The minimum atomic E-state index is -0.621. The molecule has 20 heavy (non-hydrogen) atoms. The molecule has 1 atom stereocenters. The normalized spacial score (nSPS) is 18.2. The maximum Gasteiger partial charge on any atom is 0.313 e. The van der Waals surface area contributed by atoms with Crippen LogP contribution in [-0.2, 0) is 9.59 Å². The van der Waals surface area contributed by atoms with Gasteiger partial charge >= 0.3 is 11.8 Å². The molecule has 1 aromatic carbocycles. The van der Waals surface area contributed by atoms with Gasteiger partial charge in [-0.05, 0) is 43.0 Å². The van der Waals surface area contributed by atoms with Crippen LogP contribution in [0, 0.1) is 17.2 Å². The van der Waals surface area contributed by atoms with E-state index in [2.05, 4.69) is 12.2 Å². The van der Waals surface area contributed by atoms with Gasteiger partial charge in [0.15, 0.2) is 0 Å². The van der Waals surface area contributed by atoms with Crippen LogP contribution in [0.3, 0.4) is 0 Å². The molecule has 104 valence electrons. The Bertz CT molecular complexity index is 545. The molecule has 1 unspecified atom stereocenters. The summed E-state index contributed by atoms with van der Waals surface area (Å²) in [6.07, 6.45) is 2.04. The van der Waals surface area contributed by atoms with Gasteiger partial charge in [0, 0.05) is 18.8 Å².